The van der Waals surface area contributed by atoms with E-state index >= 15 is 0 Å². The molecule has 1 rings (SSSR count). The summed E-state index contributed by atoms with van der Waals surface area (Å²) >= 11 is 0. The maximum absolute atomic E-state index is 13.1. The van der Waals surface area contributed by atoms with Gasteiger partial charge in [-0.2, -0.15) is 0 Å². The van der Waals surface area contributed by atoms with Crippen LogP contribution in [-0.4, -0.2) is 34.3 Å². The third-order valence-corrected chi connectivity index (χ3v) is 2.72. The molecule has 0 aliphatic carbocycles. The Hall–Kier alpha value is -1.56. The third-order valence-electron chi connectivity index (χ3n) is 2.72. The molecule has 0 aliphatic heterocycles. The van der Waals surface area contributed by atoms with Crippen LogP contribution in [0, 0.1) is 0 Å². The van der Waals surface area contributed by atoms with Gasteiger partial charge in [0.1, 0.15) is 0 Å². The van der Waals surface area contributed by atoms with Crippen molar-refractivity contribution in [3.63, 3.8) is 0 Å². The van der Waals surface area contributed by atoms with Crippen molar-refractivity contribution in [3.05, 3.63) is 17.7 Å². The monoisotopic (exact) mass is 275 g/mol. The van der Waals surface area contributed by atoms with E-state index < -0.39 is 12.5 Å². The van der Waals surface area contributed by atoms with Crippen LogP contribution in [0.3, 0.4) is 0 Å². The minimum Gasteiger partial charge on any atom is -0.493 e. The molecule has 0 saturated carbocycles. The van der Waals surface area contributed by atoms with Gasteiger partial charge in [-0.25, -0.2) is 8.78 Å². The standard InChI is InChI=1S/C13H19F2NO3/c1-5-16-11(13(14)15)8-6-9(17-2)12(19-4)10(7-8)18-3/h6-7,11,13,16H,5H2,1-4H3. The van der Waals surface area contributed by atoms with E-state index in [4.69, 9.17) is 14.2 Å². The van der Waals surface area contributed by atoms with Crippen molar-refractivity contribution >= 4 is 0 Å². The van der Waals surface area contributed by atoms with Crippen LogP contribution in [0.2, 0.25) is 0 Å². The molecule has 0 radical (unpaired) electrons. The van der Waals surface area contributed by atoms with E-state index in [-0.39, 0.29) is 0 Å². The summed E-state index contributed by atoms with van der Waals surface area (Å²) < 4.78 is 41.6. The number of ether oxygens (including phenoxy) is 3. The number of methoxy groups -OCH3 is 3. The van der Waals surface area contributed by atoms with Crippen molar-refractivity contribution in [2.45, 2.75) is 19.4 Å². The summed E-state index contributed by atoms with van der Waals surface area (Å²) in [4.78, 5) is 0. The second kappa shape index (κ2) is 7.13. The highest BCUT2D eigenvalue weighted by Gasteiger charge is 2.24. The van der Waals surface area contributed by atoms with Gasteiger partial charge in [-0.3, -0.25) is 0 Å². The first kappa shape index (κ1) is 15.5. The Labute approximate surface area is 111 Å². The van der Waals surface area contributed by atoms with Crippen molar-refractivity contribution < 1.29 is 23.0 Å². The first-order valence-electron chi connectivity index (χ1n) is 5.90. The lowest BCUT2D eigenvalue weighted by atomic mass is 10.1. The molecule has 0 heterocycles. The Morgan fingerprint density at radius 1 is 1.05 bits per heavy atom. The first-order valence-corrected chi connectivity index (χ1v) is 5.90. The van der Waals surface area contributed by atoms with E-state index in [9.17, 15) is 8.78 Å². The molecule has 0 bridgehead atoms. The summed E-state index contributed by atoms with van der Waals surface area (Å²) in [6.45, 7) is 2.21. The van der Waals surface area contributed by atoms with Crippen molar-refractivity contribution in [2.24, 2.45) is 0 Å². The summed E-state index contributed by atoms with van der Waals surface area (Å²) in [6.07, 6.45) is -2.53. The zero-order valence-corrected chi connectivity index (χ0v) is 11.5. The van der Waals surface area contributed by atoms with Crippen molar-refractivity contribution in [1.82, 2.24) is 5.32 Å². The molecule has 108 valence electrons. The number of benzene rings is 1. The number of nitrogens with one attached hydrogen (secondary N) is 1. The lowest BCUT2D eigenvalue weighted by molar-refractivity contribution is 0.0990. The van der Waals surface area contributed by atoms with Gasteiger partial charge >= 0.3 is 0 Å². The molecule has 1 aromatic carbocycles. The molecule has 1 N–H and O–H groups in total. The minimum atomic E-state index is -2.53. The number of halogens is 2. The Kier molecular flexibility index (Phi) is 5.82. The molecule has 6 heteroatoms. The predicted octanol–water partition coefficient (Wildman–Crippen LogP) is 2.63. The quantitative estimate of drug-likeness (QED) is 0.830. The topological polar surface area (TPSA) is 39.7 Å². The van der Waals surface area contributed by atoms with Crippen molar-refractivity contribution in [3.8, 4) is 17.2 Å². The second-order valence-corrected chi connectivity index (χ2v) is 3.83. The Morgan fingerprint density at radius 2 is 1.58 bits per heavy atom. The van der Waals surface area contributed by atoms with E-state index in [1.54, 1.807) is 6.92 Å². The third kappa shape index (κ3) is 3.47. The fraction of sp³-hybridized carbons (Fsp3) is 0.538. The van der Waals surface area contributed by atoms with Crippen LogP contribution >= 0.6 is 0 Å². The Balaban J connectivity index is 3.27. The van der Waals surface area contributed by atoms with Crippen LogP contribution in [0.15, 0.2) is 12.1 Å². The first-order chi connectivity index (χ1) is 9.08. The van der Waals surface area contributed by atoms with Crippen molar-refractivity contribution in [2.75, 3.05) is 27.9 Å². The zero-order chi connectivity index (χ0) is 14.4. The second-order valence-electron chi connectivity index (χ2n) is 3.83. The van der Waals surface area contributed by atoms with E-state index in [0.29, 0.717) is 29.4 Å². The average molecular weight is 275 g/mol. The van der Waals surface area contributed by atoms with Crippen LogP contribution in [0.25, 0.3) is 0 Å². The Morgan fingerprint density at radius 3 is 1.89 bits per heavy atom. The molecular formula is C13H19F2NO3. The molecule has 1 aromatic rings. The van der Waals surface area contributed by atoms with E-state index in [2.05, 4.69) is 5.32 Å². The molecule has 0 aliphatic rings. The lowest BCUT2D eigenvalue weighted by Gasteiger charge is -2.20. The number of rotatable bonds is 7. The smallest absolute Gasteiger partial charge is 0.257 e. The normalized spacial score (nSPS) is 12.4. The van der Waals surface area contributed by atoms with Crippen LogP contribution < -0.4 is 19.5 Å². The predicted molar refractivity (Wildman–Crippen MR) is 68.5 cm³/mol. The fourth-order valence-electron chi connectivity index (χ4n) is 1.85. The largest absolute Gasteiger partial charge is 0.493 e. The highest BCUT2D eigenvalue weighted by Crippen LogP contribution is 2.40. The summed E-state index contributed by atoms with van der Waals surface area (Å²) in [5.74, 6) is 1.11. The summed E-state index contributed by atoms with van der Waals surface area (Å²) in [6, 6.07) is 1.99. The highest BCUT2D eigenvalue weighted by molar-refractivity contribution is 5.54. The van der Waals surface area contributed by atoms with E-state index in [0.717, 1.165) is 0 Å². The van der Waals surface area contributed by atoms with Gasteiger partial charge in [0.25, 0.3) is 6.43 Å². The van der Waals surface area contributed by atoms with Crippen LogP contribution in [-0.2, 0) is 0 Å². The van der Waals surface area contributed by atoms with Gasteiger partial charge in [-0.05, 0) is 24.2 Å². The summed E-state index contributed by atoms with van der Waals surface area (Å²) in [5.41, 5.74) is 0.395. The molecule has 4 nitrogen and oxygen atoms in total. The SMILES string of the molecule is CCNC(c1cc(OC)c(OC)c(OC)c1)C(F)F. The number of alkyl halides is 2. The van der Waals surface area contributed by atoms with Gasteiger partial charge in [0, 0.05) is 0 Å². The maximum atomic E-state index is 13.1. The molecule has 1 atom stereocenters. The van der Waals surface area contributed by atoms with Gasteiger partial charge in [0.2, 0.25) is 5.75 Å². The van der Waals surface area contributed by atoms with Gasteiger partial charge in [-0.1, -0.05) is 6.92 Å². The molecule has 19 heavy (non-hydrogen) atoms. The van der Waals surface area contributed by atoms with Gasteiger partial charge in [0.15, 0.2) is 11.5 Å². The van der Waals surface area contributed by atoms with Gasteiger partial charge < -0.3 is 19.5 Å². The highest BCUT2D eigenvalue weighted by atomic mass is 19.3. The van der Waals surface area contributed by atoms with Gasteiger partial charge in [-0.15, -0.1) is 0 Å². The number of hydrogen-bond acceptors (Lipinski definition) is 4. The van der Waals surface area contributed by atoms with Crippen LogP contribution in [0.4, 0.5) is 8.78 Å². The van der Waals surface area contributed by atoms with E-state index in [1.165, 1.54) is 33.5 Å². The lowest BCUT2D eigenvalue weighted by Crippen LogP contribution is -2.27. The van der Waals surface area contributed by atoms with Crippen LogP contribution in [0.5, 0.6) is 17.2 Å². The molecular weight excluding hydrogens is 256 g/mol. The summed E-state index contributed by atoms with van der Waals surface area (Å²) in [7, 11) is 4.37. The molecule has 0 spiro atoms. The van der Waals surface area contributed by atoms with E-state index in [1.807, 2.05) is 0 Å². The molecule has 0 amide bonds. The minimum absolute atomic E-state index is 0.361. The van der Waals surface area contributed by atoms with Crippen molar-refractivity contribution in [1.29, 1.82) is 0 Å². The average Bonchev–Trinajstić information content (AvgIpc) is 2.42. The summed E-state index contributed by atoms with van der Waals surface area (Å²) in [5, 5.41) is 2.74. The molecule has 0 fully saturated rings. The zero-order valence-electron chi connectivity index (χ0n) is 11.5. The Bertz CT molecular complexity index is 388. The van der Waals surface area contributed by atoms with Gasteiger partial charge in [0.05, 0.1) is 27.4 Å². The molecule has 0 saturated heterocycles. The fourth-order valence-corrected chi connectivity index (χ4v) is 1.85. The molecule has 0 aromatic heterocycles. The van der Waals surface area contributed by atoms with Crippen LogP contribution in [0.1, 0.15) is 18.5 Å². The maximum Gasteiger partial charge on any atom is 0.257 e. The molecule has 1 unspecified atom stereocenters. The number of hydrogen-bond donors (Lipinski definition) is 1.